The van der Waals surface area contributed by atoms with Gasteiger partial charge in [-0.1, -0.05) is 0 Å². The monoisotopic (exact) mass is 392 g/mol. The lowest BCUT2D eigenvalue weighted by Gasteiger charge is -2.33. The largest absolute Gasteiger partial charge is 0.368 e. The van der Waals surface area contributed by atoms with Gasteiger partial charge in [-0.3, -0.25) is 4.79 Å². The molecule has 1 saturated heterocycles. The van der Waals surface area contributed by atoms with Crippen molar-refractivity contribution in [1.82, 2.24) is 29.7 Å². The summed E-state index contributed by atoms with van der Waals surface area (Å²) in [5.41, 5.74) is 2.51. The van der Waals surface area contributed by atoms with Crippen LogP contribution in [0.2, 0.25) is 0 Å². The molecule has 150 valence electrons. The number of amides is 1. The Morgan fingerprint density at radius 2 is 1.97 bits per heavy atom. The van der Waals surface area contributed by atoms with E-state index < -0.39 is 0 Å². The summed E-state index contributed by atoms with van der Waals surface area (Å²) in [6, 6.07) is 6.01. The molecular weight excluding hydrogens is 368 g/mol. The van der Waals surface area contributed by atoms with Gasteiger partial charge in [0.1, 0.15) is 17.2 Å². The molecule has 2 N–H and O–H groups in total. The van der Waals surface area contributed by atoms with E-state index in [2.05, 4.69) is 55.4 Å². The molecule has 5 rings (SSSR count). The van der Waals surface area contributed by atoms with Gasteiger partial charge in [0.15, 0.2) is 0 Å². The lowest BCUT2D eigenvalue weighted by atomic mass is 10.2. The van der Waals surface area contributed by atoms with Gasteiger partial charge in [0.2, 0.25) is 5.95 Å². The van der Waals surface area contributed by atoms with Gasteiger partial charge in [0.05, 0.1) is 17.9 Å². The molecule has 0 unspecified atom stereocenters. The number of nitrogens with one attached hydrogen (secondary N) is 2. The first-order chi connectivity index (χ1) is 14.1. The maximum Gasteiger partial charge on any atom is 0.268 e. The predicted molar refractivity (Wildman–Crippen MR) is 112 cm³/mol. The molecule has 0 aromatic carbocycles. The molecule has 9 nitrogen and oxygen atoms in total. The maximum absolute atomic E-state index is 12.1. The molecule has 29 heavy (non-hydrogen) atoms. The molecule has 0 spiro atoms. The first kappa shape index (κ1) is 17.9. The van der Waals surface area contributed by atoms with Crippen molar-refractivity contribution < 1.29 is 4.79 Å². The van der Waals surface area contributed by atoms with E-state index in [4.69, 9.17) is 0 Å². The molecule has 1 amide bonds. The Hall–Kier alpha value is -3.20. The van der Waals surface area contributed by atoms with E-state index in [1.807, 2.05) is 22.9 Å². The quantitative estimate of drug-likeness (QED) is 0.700. The number of piperazine rings is 1. The van der Waals surface area contributed by atoms with Crippen molar-refractivity contribution >= 4 is 34.4 Å². The second kappa shape index (κ2) is 7.00. The number of likely N-dealkylation sites (N-methyl/N-ethyl adjacent to an activating group) is 1. The third-order valence-corrected chi connectivity index (χ3v) is 5.66. The summed E-state index contributed by atoms with van der Waals surface area (Å²) in [5.74, 6) is 1.09. The topological polar surface area (TPSA) is 91.2 Å². The van der Waals surface area contributed by atoms with Gasteiger partial charge in [-0.15, -0.1) is 0 Å². The zero-order valence-corrected chi connectivity index (χ0v) is 16.6. The number of rotatable bonds is 3. The van der Waals surface area contributed by atoms with Gasteiger partial charge in [-0.2, -0.15) is 4.98 Å². The summed E-state index contributed by atoms with van der Waals surface area (Å²) in [4.78, 5) is 30.4. The molecule has 0 saturated carbocycles. The minimum Gasteiger partial charge on any atom is -0.368 e. The number of hydrogen-bond acceptors (Lipinski definition) is 7. The Morgan fingerprint density at radius 3 is 2.72 bits per heavy atom. The number of hydrogen-bond donors (Lipinski definition) is 2. The number of anilines is 3. The highest BCUT2D eigenvalue weighted by atomic mass is 16.2. The van der Waals surface area contributed by atoms with E-state index in [0.717, 1.165) is 42.9 Å². The molecule has 3 aromatic heterocycles. The van der Waals surface area contributed by atoms with E-state index in [1.165, 1.54) is 0 Å². The maximum atomic E-state index is 12.1. The Labute approximate surface area is 168 Å². The molecule has 2 aliphatic heterocycles. The second-order valence-electron chi connectivity index (χ2n) is 7.75. The van der Waals surface area contributed by atoms with Crippen LogP contribution in [0.4, 0.5) is 17.5 Å². The van der Waals surface area contributed by atoms with Gasteiger partial charge in [0, 0.05) is 44.3 Å². The average molecular weight is 392 g/mol. The molecule has 0 radical (unpaired) electrons. The number of pyridine rings is 1. The zero-order chi connectivity index (χ0) is 20.0. The van der Waals surface area contributed by atoms with Crippen molar-refractivity contribution in [3.63, 3.8) is 0 Å². The van der Waals surface area contributed by atoms with Gasteiger partial charge >= 0.3 is 0 Å². The van der Waals surface area contributed by atoms with Crippen LogP contribution in [0.25, 0.3) is 11.0 Å². The van der Waals surface area contributed by atoms with Gasteiger partial charge in [-0.25, -0.2) is 9.97 Å². The molecule has 1 fully saturated rings. The first-order valence-electron chi connectivity index (χ1n) is 9.91. The molecule has 2 aliphatic rings. The van der Waals surface area contributed by atoms with Crippen molar-refractivity contribution in [3.8, 4) is 0 Å². The van der Waals surface area contributed by atoms with Crippen molar-refractivity contribution in [1.29, 1.82) is 0 Å². The van der Waals surface area contributed by atoms with Crippen LogP contribution in [0.3, 0.4) is 0 Å². The SMILES string of the molecule is C[C@H]1CNC(=O)c2cc3cnc(Nc4ccc(N5CCN(C)CC5)cn4)nc3n21. The van der Waals surface area contributed by atoms with Crippen LogP contribution in [0.1, 0.15) is 23.5 Å². The lowest BCUT2D eigenvalue weighted by Crippen LogP contribution is -2.44. The van der Waals surface area contributed by atoms with Crippen LogP contribution in [-0.2, 0) is 0 Å². The van der Waals surface area contributed by atoms with Gasteiger partial charge < -0.3 is 25.0 Å². The summed E-state index contributed by atoms with van der Waals surface area (Å²) < 4.78 is 1.98. The minimum absolute atomic E-state index is 0.0724. The lowest BCUT2D eigenvalue weighted by molar-refractivity contribution is 0.0919. The Balaban J connectivity index is 1.38. The summed E-state index contributed by atoms with van der Waals surface area (Å²) in [6.07, 6.45) is 3.63. The van der Waals surface area contributed by atoms with Gasteiger partial charge in [0.25, 0.3) is 5.91 Å². The fraction of sp³-hybridized carbons (Fsp3) is 0.400. The Kier molecular flexibility index (Phi) is 4.31. The Morgan fingerprint density at radius 1 is 1.14 bits per heavy atom. The van der Waals surface area contributed by atoms with E-state index in [-0.39, 0.29) is 11.9 Å². The number of nitrogens with zero attached hydrogens (tertiary/aromatic N) is 6. The van der Waals surface area contributed by atoms with Crippen molar-refractivity contribution in [2.75, 3.05) is 50.0 Å². The summed E-state index contributed by atoms with van der Waals surface area (Å²) in [5, 5.41) is 6.93. The van der Waals surface area contributed by atoms with Crippen molar-refractivity contribution in [2.45, 2.75) is 13.0 Å². The van der Waals surface area contributed by atoms with Crippen LogP contribution < -0.4 is 15.5 Å². The molecule has 5 heterocycles. The standard InChI is InChI=1S/C20H24N8O/c1-13-10-22-19(29)16-9-14-11-23-20(25-18(14)28(13)16)24-17-4-3-15(12-21-17)27-7-5-26(2)6-8-27/h3-4,9,11-13H,5-8,10H2,1-2H3,(H,22,29)(H,21,23,24,25)/t13-/m0/s1. The number of carbonyl (C=O) groups excluding carboxylic acids is 1. The van der Waals surface area contributed by atoms with Crippen LogP contribution in [0.5, 0.6) is 0 Å². The molecule has 0 aliphatic carbocycles. The normalized spacial score (nSPS) is 19.9. The molecule has 1 atom stereocenters. The second-order valence-corrected chi connectivity index (χ2v) is 7.75. The summed E-state index contributed by atoms with van der Waals surface area (Å²) in [6.45, 7) is 6.80. The highest BCUT2D eigenvalue weighted by Gasteiger charge is 2.25. The van der Waals surface area contributed by atoms with Crippen LogP contribution >= 0.6 is 0 Å². The number of aromatic nitrogens is 4. The molecular formula is C20H24N8O. The van der Waals surface area contributed by atoms with E-state index in [9.17, 15) is 4.79 Å². The highest BCUT2D eigenvalue weighted by molar-refractivity contribution is 5.98. The van der Waals surface area contributed by atoms with E-state index in [1.54, 1.807) is 6.20 Å². The Bertz CT molecular complexity index is 1050. The number of carbonyl (C=O) groups is 1. The molecule has 9 heteroatoms. The third kappa shape index (κ3) is 3.27. The predicted octanol–water partition coefficient (Wildman–Crippen LogP) is 1.63. The van der Waals surface area contributed by atoms with E-state index in [0.29, 0.717) is 24.0 Å². The first-order valence-corrected chi connectivity index (χ1v) is 9.91. The van der Waals surface area contributed by atoms with Crippen LogP contribution in [-0.4, -0.2) is 70.1 Å². The summed E-state index contributed by atoms with van der Waals surface area (Å²) in [7, 11) is 2.15. The fourth-order valence-electron chi connectivity index (χ4n) is 3.94. The van der Waals surface area contributed by atoms with Crippen LogP contribution in [0, 0.1) is 0 Å². The highest BCUT2D eigenvalue weighted by Crippen LogP contribution is 2.26. The number of fused-ring (bicyclic) bond motifs is 3. The fourth-order valence-corrected chi connectivity index (χ4v) is 3.94. The van der Waals surface area contributed by atoms with E-state index >= 15 is 0 Å². The van der Waals surface area contributed by atoms with Crippen molar-refractivity contribution in [2.24, 2.45) is 0 Å². The minimum atomic E-state index is -0.0724. The smallest absolute Gasteiger partial charge is 0.268 e. The summed E-state index contributed by atoms with van der Waals surface area (Å²) >= 11 is 0. The van der Waals surface area contributed by atoms with Gasteiger partial charge in [-0.05, 0) is 32.2 Å². The zero-order valence-electron chi connectivity index (χ0n) is 16.6. The van der Waals surface area contributed by atoms with Crippen molar-refractivity contribution in [3.05, 3.63) is 36.3 Å². The molecule has 3 aromatic rings. The average Bonchev–Trinajstić information content (AvgIpc) is 3.12. The third-order valence-electron chi connectivity index (χ3n) is 5.66. The molecule has 0 bridgehead atoms. The van der Waals surface area contributed by atoms with Crippen LogP contribution in [0.15, 0.2) is 30.6 Å².